The second-order valence-electron chi connectivity index (χ2n) is 3.50. The van der Waals surface area contributed by atoms with E-state index in [1.165, 1.54) is 6.08 Å². The topological polar surface area (TPSA) is 85.4 Å². The highest BCUT2D eigenvalue weighted by Crippen LogP contribution is 2.00. The summed E-state index contributed by atoms with van der Waals surface area (Å²) in [5, 5.41) is 2.32. The summed E-state index contributed by atoms with van der Waals surface area (Å²) >= 11 is 0. The molecule has 1 amide bonds. The number of ether oxygens (including phenoxy) is 1. The predicted octanol–water partition coefficient (Wildman–Crippen LogP) is 0.691. The largest absolute Gasteiger partial charge is 0.466 e. The van der Waals surface area contributed by atoms with Gasteiger partial charge < -0.3 is 10.1 Å². The summed E-state index contributed by atoms with van der Waals surface area (Å²) in [6.07, 6.45) is 3.03. The molecule has 0 aliphatic rings. The first-order valence-corrected chi connectivity index (χ1v) is 5.69. The number of allylic oxidation sites excluding steroid dienone is 1. The zero-order valence-corrected chi connectivity index (χ0v) is 10.5. The van der Waals surface area contributed by atoms with E-state index in [0.717, 1.165) is 0 Å². The number of hydrogen-bond donors (Lipinski definition) is 1. The van der Waals surface area contributed by atoms with Gasteiger partial charge in [0.2, 0.25) is 5.91 Å². The molecule has 100 valence electrons. The van der Waals surface area contributed by atoms with E-state index in [9.17, 15) is 14.4 Å². The van der Waals surface area contributed by atoms with E-state index in [1.54, 1.807) is 31.3 Å². The van der Waals surface area contributed by atoms with Crippen molar-refractivity contribution in [2.45, 2.75) is 13.3 Å². The van der Waals surface area contributed by atoms with Crippen LogP contribution in [-0.4, -0.2) is 29.8 Å². The molecule has 6 nitrogen and oxygen atoms in total. The first-order chi connectivity index (χ1) is 9.15. The van der Waals surface area contributed by atoms with Crippen LogP contribution >= 0.6 is 0 Å². The standard InChI is InChI=1S/C13H14N2O4/c1-2-19-13(18)8-12(17)15-11(9-16)7-10-5-3-4-6-14-10/h3-7,9H,2,8H2,1H3,(H,15,17)/b11-7-. The molecular formula is C13H14N2O4. The number of aldehydes is 1. The van der Waals surface area contributed by atoms with Gasteiger partial charge in [0, 0.05) is 6.20 Å². The van der Waals surface area contributed by atoms with Crippen LogP contribution in [0.25, 0.3) is 6.08 Å². The molecule has 0 saturated heterocycles. The van der Waals surface area contributed by atoms with Crippen LogP contribution in [0.3, 0.4) is 0 Å². The van der Waals surface area contributed by atoms with Gasteiger partial charge in [-0.3, -0.25) is 19.4 Å². The van der Waals surface area contributed by atoms with Crippen molar-refractivity contribution in [3.05, 3.63) is 35.8 Å². The molecule has 0 unspecified atom stereocenters. The summed E-state index contributed by atoms with van der Waals surface area (Å²) in [7, 11) is 0. The lowest BCUT2D eigenvalue weighted by Crippen LogP contribution is -2.26. The minimum absolute atomic E-state index is 0.0352. The molecule has 6 heteroatoms. The molecule has 0 fully saturated rings. The number of carbonyl (C=O) groups excluding carboxylic acids is 3. The normalized spacial score (nSPS) is 10.7. The maximum Gasteiger partial charge on any atom is 0.315 e. The SMILES string of the molecule is CCOC(=O)CC(=O)N/C(C=O)=C\c1ccccn1. The lowest BCUT2D eigenvalue weighted by Gasteiger charge is -2.04. The van der Waals surface area contributed by atoms with Crippen LogP contribution < -0.4 is 5.32 Å². The van der Waals surface area contributed by atoms with Crippen molar-refractivity contribution >= 4 is 24.2 Å². The highest BCUT2D eigenvalue weighted by molar-refractivity contribution is 5.98. The number of nitrogens with one attached hydrogen (secondary N) is 1. The minimum atomic E-state index is -0.636. The molecule has 0 saturated carbocycles. The molecule has 1 aromatic heterocycles. The Morgan fingerprint density at radius 1 is 1.42 bits per heavy atom. The van der Waals surface area contributed by atoms with Crippen molar-refractivity contribution in [1.29, 1.82) is 0 Å². The maximum atomic E-state index is 11.5. The van der Waals surface area contributed by atoms with Crippen LogP contribution in [0.4, 0.5) is 0 Å². The Hall–Kier alpha value is -2.50. The second-order valence-corrected chi connectivity index (χ2v) is 3.50. The first-order valence-electron chi connectivity index (χ1n) is 5.69. The van der Waals surface area contributed by atoms with E-state index in [-0.39, 0.29) is 12.3 Å². The Balaban J connectivity index is 2.62. The van der Waals surface area contributed by atoms with Gasteiger partial charge in [-0.05, 0) is 25.1 Å². The fourth-order valence-electron chi connectivity index (χ4n) is 1.27. The number of esters is 1. The Labute approximate surface area is 110 Å². The lowest BCUT2D eigenvalue weighted by atomic mass is 10.3. The summed E-state index contributed by atoms with van der Waals surface area (Å²) in [4.78, 5) is 37.3. The minimum Gasteiger partial charge on any atom is -0.466 e. The molecule has 1 heterocycles. The zero-order chi connectivity index (χ0) is 14.1. The van der Waals surface area contributed by atoms with Gasteiger partial charge in [-0.15, -0.1) is 0 Å². The molecule has 0 aromatic carbocycles. The third-order valence-corrected chi connectivity index (χ3v) is 2.01. The fraction of sp³-hybridized carbons (Fsp3) is 0.231. The Kier molecular flexibility index (Phi) is 5.94. The number of rotatable bonds is 6. The van der Waals surface area contributed by atoms with Gasteiger partial charge >= 0.3 is 5.97 Å². The Morgan fingerprint density at radius 3 is 2.79 bits per heavy atom. The number of aromatic nitrogens is 1. The second kappa shape index (κ2) is 7.75. The summed E-state index contributed by atoms with van der Waals surface area (Å²) in [6, 6.07) is 5.17. The zero-order valence-electron chi connectivity index (χ0n) is 10.5. The molecule has 1 rings (SSSR count). The highest BCUT2D eigenvalue weighted by atomic mass is 16.5. The maximum absolute atomic E-state index is 11.5. The van der Waals surface area contributed by atoms with Gasteiger partial charge in [-0.1, -0.05) is 6.07 Å². The van der Waals surface area contributed by atoms with Crippen molar-refractivity contribution in [3.63, 3.8) is 0 Å². The number of nitrogens with zero attached hydrogens (tertiary/aromatic N) is 1. The van der Waals surface area contributed by atoms with Crippen LogP contribution in [-0.2, 0) is 19.1 Å². The van der Waals surface area contributed by atoms with E-state index in [0.29, 0.717) is 12.0 Å². The molecular weight excluding hydrogens is 248 g/mol. The van der Waals surface area contributed by atoms with Crippen molar-refractivity contribution < 1.29 is 19.1 Å². The van der Waals surface area contributed by atoms with Gasteiger partial charge in [0.15, 0.2) is 6.29 Å². The molecule has 0 atom stereocenters. The quantitative estimate of drug-likeness (QED) is 0.353. The molecule has 19 heavy (non-hydrogen) atoms. The van der Waals surface area contributed by atoms with Crippen molar-refractivity contribution in [2.75, 3.05) is 6.61 Å². The van der Waals surface area contributed by atoms with E-state index >= 15 is 0 Å². The third-order valence-electron chi connectivity index (χ3n) is 2.01. The van der Waals surface area contributed by atoms with E-state index in [1.807, 2.05) is 0 Å². The average molecular weight is 262 g/mol. The average Bonchev–Trinajstić information content (AvgIpc) is 2.39. The summed E-state index contributed by atoms with van der Waals surface area (Å²) in [6.45, 7) is 1.85. The number of amides is 1. The highest BCUT2D eigenvalue weighted by Gasteiger charge is 2.11. The fourth-order valence-corrected chi connectivity index (χ4v) is 1.27. The molecule has 0 spiro atoms. The summed E-state index contributed by atoms with van der Waals surface area (Å²) < 4.78 is 4.63. The van der Waals surface area contributed by atoms with Gasteiger partial charge in [-0.2, -0.15) is 0 Å². The third kappa shape index (κ3) is 5.58. The molecule has 0 aliphatic carbocycles. The van der Waals surface area contributed by atoms with E-state index < -0.39 is 18.3 Å². The van der Waals surface area contributed by atoms with Crippen molar-refractivity contribution in [2.24, 2.45) is 0 Å². The van der Waals surface area contributed by atoms with Gasteiger partial charge in [0.1, 0.15) is 6.42 Å². The predicted molar refractivity (Wildman–Crippen MR) is 67.7 cm³/mol. The van der Waals surface area contributed by atoms with Crippen LogP contribution in [0.1, 0.15) is 19.0 Å². The molecule has 0 bridgehead atoms. The molecule has 0 aliphatic heterocycles. The monoisotopic (exact) mass is 262 g/mol. The van der Waals surface area contributed by atoms with Crippen LogP contribution in [0, 0.1) is 0 Å². The number of carbonyl (C=O) groups is 3. The number of pyridine rings is 1. The Morgan fingerprint density at radius 2 is 2.21 bits per heavy atom. The van der Waals surface area contributed by atoms with Crippen LogP contribution in [0.15, 0.2) is 30.1 Å². The lowest BCUT2D eigenvalue weighted by molar-refractivity contribution is -0.145. The van der Waals surface area contributed by atoms with Gasteiger partial charge in [0.25, 0.3) is 0 Å². The van der Waals surface area contributed by atoms with Crippen LogP contribution in [0.5, 0.6) is 0 Å². The van der Waals surface area contributed by atoms with E-state index in [2.05, 4.69) is 15.0 Å². The van der Waals surface area contributed by atoms with Crippen molar-refractivity contribution in [1.82, 2.24) is 10.3 Å². The van der Waals surface area contributed by atoms with Gasteiger partial charge in [0.05, 0.1) is 18.0 Å². The molecule has 0 radical (unpaired) electrons. The van der Waals surface area contributed by atoms with Crippen molar-refractivity contribution in [3.8, 4) is 0 Å². The smallest absolute Gasteiger partial charge is 0.315 e. The van der Waals surface area contributed by atoms with Gasteiger partial charge in [-0.25, -0.2) is 0 Å². The summed E-state index contributed by atoms with van der Waals surface area (Å²) in [5.41, 5.74) is 0.564. The molecule has 1 aromatic rings. The number of hydrogen-bond acceptors (Lipinski definition) is 5. The molecule has 1 N–H and O–H groups in total. The van der Waals surface area contributed by atoms with E-state index in [4.69, 9.17) is 0 Å². The van der Waals surface area contributed by atoms with Crippen LogP contribution in [0.2, 0.25) is 0 Å². The summed E-state index contributed by atoms with van der Waals surface area (Å²) in [5.74, 6) is -1.24. The first kappa shape index (κ1) is 14.6. The Bertz CT molecular complexity index is 483.